The number of benzene rings is 5. The van der Waals surface area contributed by atoms with Crippen LogP contribution in [-0.2, 0) is 137 Å². The topological polar surface area (TPSA) is 420 Å². The monoisotopic (exact) mass is 2100 g/mol. The third-order valence-corrected chi connectivity index (χ3v) is 28.9. The first kappa shape index (κ1) is 115. The molecule has 3 aliphatic heterocycles. The summed E-state index contributed by atoms with van der Waals surface area (Å²) in [6.07, 6.45) is 15.5. The summed E-state index contributed by atoms with van der Waals surface area (Å²) in [5.41, 5.74) is 7.13. The Morgan fingerprint density at radius 1 is 0.631 bits per heavy atom. The third kappa shape index (κ3) is 37.0. The van der Waals surface area contributed by atoms with Crippen molar-refractivity contribution in [3.8, 4) is 22.6 Å². The van der Waals surface area contributed by atoms with Gasteiger partial charge < -0.3 is 93.7 Å². The lowest BCUT2D eigenvalue weighted by Crippen LogP contribution is -2.63. The quantitative estimate of drug-likeness (QED) is 0.00759. The number of esters is 1. The molecule has 800 valence electrons. The van der Waals surface area contributed by atoms with Crippen molar-refractivity contribution in [3.63, 3.8) is 0 Å². The van der Waals surface area contributed by atoms with Crippen molar-refractivity contribution in [3.05, 3.63) is 256 Å². The van der Waals surface area contributed by atoms with Gasteiger partial charge in [0.25, 0.3) is 0 Å². The summed E-state index contributed by atoms with van der Waals surface area (Å²) < 4.78 is 53.8. The summed E-state index contributed by atoms with van der Waals surface area (Å²) in [5.74, 6) is 1.39. The van der Waals surface area contributed by atoms with E-state index in [2.05, 4.69) is 113 Å². The molecule has 0 saturated carbocycles. The summed E-state index contributed by atoms with van der Waals surface area (Å²) in [7, 11) is 8.82. The molecule has 8 amide bonds. The molecule has 2 fully saturated rings. The van der Waals surface area contributed by atoms with Gasteiger partial charge in [0.1, 0.15) is 83.0 Å². The van der Waals surface area contributed by atoms with Crippen molar-refractivity contribution in [2.24, 2.45) is 5.92 Å². The second-order valence-electron chi connectivity index (χ2n) is 38.0. The van der Waals surface area contributed by atoms with E-state index in [1.807, 2.05) is 109 Å². The Bertz CT molecular complexity index is 5750. The van der Waals surface area contributed by atoms with Gasteiger partial charge in [-0.2, -0.15) is 0 Å². The smallest absolute Gasteiger partial charge is 0.409 e. The predicted octanol–water partition coefficient (Wildman–Crippen LogP) is 15.9. The number of carbonyl (C=O) groups excluding carboxylic acids is 9. The Labute approximate surface area is 885 Å². The van der Waals surface area contributed by atoms with Gasteiger partial charge in [-0.3, -0.25) is 48.7 Å². The van der Waals surface area contributed by atoms with Gasteiger partial charge >= 0.3 is 12.1 Å². The molecular formula is C111H143ClN16O19S2. The van der Waals surface area contributed by atoms with Crippen molar-refractivity contribution in [2.75, 3.05) is 108 Å². The first-order chi connectivity index (χ1) is 72.0. The highest BCUT2D eigenvalue weighted by molar-refractivity contribution is 8.76. The van der Waals surface area contributed by atoms with Crippen LogP contribution in [0.1, 0.15) is 188 Å². The van der Waals surface area contributed by atoms with Crippen molar-refractivity contribution in [1.82, 2.24) is 65.5 Å². The molecule has 8 atom stereocenters. The van der Waals surface area contributed by atoms with Crippen LogP contribution in [-0.4, -0.2) is 242 Å². The number of anilines is 3. The summed E-state index contributed by atoms with van der Waals surface area (Å²) in [5, 5.41) is 26.5. The zero-order valence-electron chi connectivity index (χ0n) is 86.9. The third-order valence-electron chi connectivity index (χ3n) is 26.1. The minimum Gasteiger partial charge on any atom is -0.495 e. The van der Waals surface area contributed by atoms with Gasteiger partial charge in [-0.05, 0) is 146 Å². The Kier molecular flexibility index (Phi) is 45.9. The lowest BCUT2D eigenvalue weighted by Gasteiger charge is -2.42. The lowest BCUT2D eigenvalue weighted by atomic mass is 9.83. The molecule has 0 aliphatic carbocycles. The van der Waals surface area contributed by atoms with E-state index in [-0.39, 0.29) is 119 Å². The maximum absolute atomic E-state index is 14.5. The number of epoxide rings is 1. The number of nitrogens with one attached hydrogen (secondary N) is 7. The number of methoxy groups -OCH3 is 2. The number of hydrogen-bond donors (Lipinski definition) is 8. The summed E-state index contributed by atoms with van der Waals surface area (Å²) in [4.78, 5) is 156. The lowest BCUT2D eigenvalue weighted by molar-refractivity contribution is -0.162. The van der Waals surface area contributed by atoms with E-state index in [0.29, 0.717) is 131 Å². The van der Waals surface area contributed by atoms with E-state index in [1.54, 1.807) is 70.0 Å². The fraction of sp³-hybridized carbons (Fsp3) is 0.468. The molecule has 35 nitrogen and oxygen atoms in total. The number of fused-ring (bicyclic) bond motifs is 5. The average Bonchev–Trinajstić information content (AvgIpc) is 1.57. The van der Waals surface area contributed by atoms with Crippen LogP contribution in [0.4, 0.5) is 22.1 Å². The van der Waals surface area contributed by atoms with Crippen LogP contribution in [0.25, 0.3) is 11.1 Å². The number of ether oxygens (including phenoxy) is 9. The van der Waals surface area contributed by atoms with Crippen molar-refractivity contribution in [1.29, 1.82) is 0 Å². The number of halogens is 1. The number of aromatic nitrogens is 6. The Morgan fingerprint density at radius 2 is 1.21 bits per heavy atom. The first-order valence-corrected chi connectivity index (χ1v) is 53.9. The van der Waals surface area contributed by atoms with Gasteiger partial charge in [-0.25, -0.2) is 29.5 Å². The van der Waals surface area contributed by atoms with Crippen LogP contribution in [0, 0.1) is 5.92 Å². The Hall–Kier alpha value is -12.4. The molecule has 5 aromatic carbocycles. The van der Waals surface area contributed by atoms with E-state index in [9.17, 15) is 48.3 Å². The molecule has 0 radical (unpaired) electrons. The molecule has 3 aliphatic rings. The highest BCUT2D eigenvalue weighted by atomic mass is 35.5. The SMILES string of the molecule is CCCCCC(=O)Nc1cccc(CN(Cc2cc(CN(Cc3cccc(NC(=O)CCCCC)n3)Cc3ncc[nH]3)cc(OCCCCN(Cc3ccc(-c4ccccc4)cc3)C(=O)COCCOCCOCC(=O)NCc3ccc(CNC(=O)CCSSCCC(=O)N(C)[C@H](C)C(=O)O[C@@H]4CC(=O)N(C)c5cc(cc(OC)c5Cl)C/C(C)=C/C=C/[C@H](OC)[C@]5(O)C[C@@H](OC(=O)N5)[C@H](C)[C@H]5OC54C)cc3)c2)Cc2ncc[nH]2)n1. The Morgan fingerprint density at radius 3 is 1.81 bits per heavy atom. The minimum atomic E-state index is -1.89. The van der Waals surface area contributed by atoms with Crippen LogP contribution in [0.3, 0.4) is 0 Å². The standard InChI is InChI=1S/C111H143ClN16O19S2/c1-11-13-16-33-100(130)121-95-31-23-28-87(119-95)70-126(72-97-113-45-46-114-97)67-83-58-84(68-127(73-98-115-47-48-116-98)71-88-29-24-32-96(120-88)122-101(131)34-17-14-12-2)60-89(59-83)144-50-21-20-49-128(69-81-39-41-86(42-40-81)85-26-18-15-19-27-85)105(135)75-143-54-52-141-51-53-142-74-102(132)118-66-80-37-35-79(36-38-80)65-117-99(129)43-55-148-149-56-44-103(133)124(7)78(5)108(136)146-94-63-104(134)125(8)90-61-82(62-91(139-9)106(90)112)57-76(3)25-22-30-93(140-10)111(138)64-92(145-109(137)123-111)77(4)107-110(94,6)147-107/h15,18-19,22-32,35-42,45-48,58-62,77-78,92-94,107,138H,11-14,16-17,20-21,33-34,43-44,49-57,63-75H2,1-10H3,(H,113,114)(H,115,116)(H,117,129)(H,118,132)(H,123,137)(H,119,121,130)(H,120,122,131)/b30-22+,76-25+/t77-,78+,92+,93-,94+,107+,110?,111+/m0/s1. The predicted molar refractivity (Wildman–Crippen MR) is 573 cm³/mol. The molecular weight excluding hydrogens is 1960 g/mol. The number of nitrogens with zero attached hydrogens (tertiary/aromatic N) is 9. The highest BCUT2D eigenvalue weighted by Crippen LogP contribution is 2.50. The van der Waals surface area contributed by atoms with Gasteiger partial charge in [0.2, 0.25) is 41.4 Å². The molecule has 149 heavy (non-hydrogen) atoms. The van der Waals surface area contributed by atoms with Gasteiger partial charge in [0, 0.05) is 148 Å². The number of amides is 8. The van der Waals surface area contributed by atoms with Gasteiger partial charge in [-0.15, -0.1) is 0 Å². The number of allylic oxidation sites excluding steroid dienone is 3. The Balaban J connectivity index is 0.563. The van der Waals surface area contributed by atoms with Gasteiger partial charge in [-0.1, -0.05) is 201 Å². The number of aromatic amines is 2. The molecule has 9 aromatic rings. The number of unbranched alkanes of at least 4 members (excludes halogenated alkanes) is 5. The number of alkyl carbamates (subject to hydrolysis) is 1. The number of rotatable bonds is 57. The summed E-state index contributed by atoms with van der Waals surface area (Å²) >= 11 is 6.88. The molecule has 38 heteroatoms. The maximum atomic E-state index is 14.5. The molecule has 4 aromatic heterocycles. The van der Waals surface area contributed by atoms with Gasteiger partial charge in [0.15, 0.2) is 5.72 Å². The molecule has 7 heterocycles. The number of carbonyl (C=O) groups is 9. The fourth-order valence-electron chi connectivity index (χ4n) is 17.6. The van der Waals surface area contributed by atoms with Gasteiger partial charge in [0.05, 0.1) is 82.8 Å². The molecule has 12 rings (SSSR count). The number of pyridine rings is 2. The zero-order chi connectivity index (χ0) is 106. The number of imidazole rings is 2. The zero-order valence-corrected chi connectivity index (χ0v) is 89.3. The molecule has 4 bridgehead atoms. The largest absolute Gasteiger partial charge is 0.495 e. The van der Waals surface area contributed by atoms with E-state index in [0.717, 1.165) is 112 Å². The fourth-order valence-corrected chi connectivity index (χ4v) is 19.9. The normalized spacial score (nSPS) is 18.4. The van der Waals surface area contributed by atoms with Crippen molar-refractivity contribution in [2.45, 2.75) is 239 Å². The number of H-pyrrole nitrogens is 2. The first-order valence-electron chi connectivity index (χ1n) is 51.1. The van der Waals surface area contributed by atoms with E-state index < -0.39 is 65.7 Å². The van der Waals surface area contributed by atoms with Crippen molar-refractivity contribution >= 4 is 104 Å². The minimum absolute atomic E-state index is 0.0674. The van der Waals surface area contributed by atoms with Crippen LogP contribution in [0.15, 0.2) is 194 Å². The second kappa shape index (κ2) is 59.3. The number of aliphatic hydroxyl groups is 1. The van der Waals surface area contributed by atoms with Crippen molar-refractivity contribution < 1.29 is 90.9 Å². The second-order valence-corrected chi connectivity index (χ2v) is 41.0. The number of likely N-dealkylation sites (N-methyl/N-ethyl adjacent to an activating group) is 1. The molecule has 1 unspecified atom stereocenters. The van der Waals surface area contributed by atoms with E-state index in [4.69, 9.17) is 64.2 Å². The van der Waals surface area contributed by atoms with Crippen LogP contribution in [0.5, 0.6) is 11.5 Å². The van der Waals surface area contributed by atoms with E-state index >= 15 is 0 Å². The number of hydrogen-bond acceptors (Lipinski definition) is 27. The van der Waals surface area contributed by atoms with E-state index in [1.165, 1.54) is 59.6 Å². The summed E-state index contributed by atoms with van der Waals surface area (Å²) in [6, 6.07) is 46.0. The van der Waals surface area contributed by atoms with Crippen LogP contribution >= 0.6 is 33.2 Å². The summed E-state index contributed by atoms with van der Waals surface area (Å²) in [6.45, 7) is 15.8. The molecule has 0 spiro atoms. The highest BCUT2D eigenvalue weighted by Gasteiger charge is 2.65. The molecule has 2 saturated heterocycles. The molecule has 8 N–H and O–H groups in total. The van der Waals surface area contributed by atoms with Crippen LogP contribution in [0.2, 0.25) is 5.02 Å². The maximum Gasteiger partial charge on any atom is 0.409 e. The van der Waals surface area contributed by atoms with Crippen LogP contribution < -0.4 is 41.0 Å². The average molecular weight is 2110 g/mol.